The second-order valence-electron chi connectivity index (χ2n) is 3.54. The number of carbonyl (C=O) groups is 1. The molecule has 1 rings (SSSR count). The summed E-state index contributed by atoms with van der Waals surface area (Å²) in [7, 11) is 0. The number of allylic oxidation sites excluding steroid dienone is 2. The van der Waals surface area contributed by atoms with Crippen LogP contribution in [0.15, 0.2) is 37.7 Å². The number of aromatic nitrogens is 2. The SMILES string of the molecule is C=CCOC(=O)c1nn(CC=C)c(Cl)c1CC=CF. The van der Waals surface area contributed by atoms with Gasteiger partial charge < -0.3 is 4.74 Å². The molecule has 0 fully saturated rings. The third kappa shape index (κ3) is 3.79. The number of ether oxygens (including phenoxy) is 1. The normalized spacial score (nSPS) is 10.6. The highest BCUT2D eigenvalue weighted by molar-refractivity contribution is 6.30. The van der Waals surface area contributed by atoms with E-state index in [-0.39, 0.29) is 23.9 Å². The van der Waals surface area contributed by atoms with E-state index in [2.05, 4.69) is 18.3 Å². The van der Waals surface area contributed by atoms with Crippen LogP contribution in [0.5, 0.6) is 0 Å². The zero-order valence-electron chi connectivity index (χ0n) is 10.3. The lowest BCUT2D eigenvalue weighted by Gasteiger charge is -2.00. The van der Waals surface area contributed by atoms with E-state index < -0.39 is 5.97 Å². The minimum Gasteiger partial charge on any atom is -0.457 e. The van der Waals surface area contributed by atoms with Crippen molar-refractivity contribution in [2.45, 2.75) is 13.0 Å². The van der Waals surface area contributed by atoms with Crippen molar-refractivity contribution in [1.29, 1.82) is 0 Å². The van der Waals surface area contributed by atoms with Gasteiger partial charge in [-0.25, -0.2) is 13.9 Å². The largest absolute Gasteiger partial charge is 0.457 e. The van der Waals surface area contributed by atoms with Gasteiger partial charge in [0.15, 0.2) is 5.69 Å². The Balaban J connectivity index is 3.11. The summed E-state index contributed by atoms with van der Waals surface area (Å²) in [5, 5.41) is 4.32. The lowest BCUT2D eigenvalue weighted by atomic mass is 10.2. The Labute approximate surface area is 115 Å². The minimum absolute atomic E-state index is 0.0726. The first-order chi connectivity index (χ1) is 9.15. The van der Waals surface area contributed by atoms with E-state index >= 15 is 0 Å². The molecule has 0 aliphatic rings. The first kappa shape index (κ1) is 15.2. The maximum absolute atomic E-state index is 12.1. The highest BCUT2D eigenvalue weighted by Gasteiger charge is 2.21. The zero-order chi connectivity index (χ0) is 14.3. The summed E-state index contributed by atoms with van der Waals surface area (Å²) in [6, 6.07) is 0. The molecule has 0 unspecified atom stereocenters. The van der Waals surface area contributed by atoms with Crippen molar-refractivity contribution >= 4 is 17.6 Å². The maximum Gasteiger partial charge on any atom is 0.359 e. The van der Waals surface area contributed by atoms with Gasteiger partial charge in [-0.1, -0.05) is 36.4 Å². The van der Waals surface area contributed by atoms with E-state index in [1.165, 1.54) is 16.8 Å². The zero-order valence-corrected chi connectivity index (χ0v) is 11.1. The molecule has 102 valence electrons. The third-order valence-corrected chi connectivity index (χ3v) is 2.64. The molecule has 6 heteroatoms. The molecular weight excluding hydrogens is 271 g/mol. The predicted molar refractivity (Wildman–Crippen MR) is 71.9 cm³/mol. The number of esters is 1. The van der Waals surface area contributed by atoms with Crippen LogP contribution in [0.4, 0.5) is 4.39 Å². The maximum atomic E-state index is 12.1. The average molecular weight is 285 g/mol. The number of hydrogen-bond donors (Lipinski definition) is 0. The van der Waals surface area contributed by atoms with Gasteiger partial charge in [-0.2, -0.15) is 5.10 Å². The molecule has 19 heavy (non-hydrogen) atoms. The second kappa shape index (κ2) is 7.53. The van der Waals surface area contributed by atoms with E-state index in [0.717, 1.165) is 0 Å². The quantitative estimate of drug-likeness (QED) is 0.571. The summed E-state index contributed by atoms with van der Waals surface area (Å²) in [6.07, 6.45) is 4.82. The van der Waals surface area contributed by atoms with Crippen LogP contribution in [-0.4, -0.2) is 22.4 Å². The van der Waals surface area contributed by atoms with Crippen molar-refractivity contribution in [3.8, 4) is 0 Å². The van der Waals surface area contributed by atoms with Crippen LogP contribution < -0.4 is 0 Å². The van der Waals surface area contributed by atoms with Gasteiger partial charge >= 0.3 is 5.97 Å². The summed E-state index contributed by atoms with van der Waals surface area (Å²) in [5.74, 6) is -0.619. The molecule has 1 aromatic heterocycles. The monoisotopic (exact) mass is 284 g/mol. The Hall–Kier alpha value is -1.88. The highest BCUT2D eigenvalue weighted by Crippen LogP contribution is 2.22. The fourth-order valence-electron chi connectivity index (χ4n) is 1.43. The summed E-state index contributed by atoms with van der Waals surface area (Å²) in [5.41, 5.74) is 0.498. The van der Waals surface area contributed by atoms with E-state index in [9.17, 15) is 9.18 Å². The van der Waals surface area contributed by atoms with Crippen LogP contribution in [-0.2, 0) is 17.7 Å². The van der Waals surface area contributed by atoms with Crippen LogP contribution in [0.25, 0.3) is 0 Å². The lowest BCUT2D eigenvalue weighted by Crippen LogP contribution is -2.09. The molecular formula is C13H14ClFN2O2. The van der Waals surface area contributed by atoms with Crippen LogP contribution in [0, 0.1) is 0 Å². The molecule has 0 aliphatic carbocycles. The number of nitrogens with zero attached hydrogens (tertiary/aromatic N) is 2. The van der Waals surface area contributed by atoms with Gasteiger partial charge in [0.1, 0.15) is 11.8 Å². The first-order valence-electron chi connectivity index (χ1n) is 5.55. The molecule has 0 amide bonds. The standard InChI is InChI=1S/C13H14ClFN2O2/c1-3-8-17-12(14)10(6-5-7-15)11(16-17)13(18)19-9-4-2/h3-5,7H,1-2,6,8-9H2. The van der Waals surface area contributed by atoms with Gasteiger partial charge in [0, 0.05) is 5.56 Å². The molecule has 0 bridgehead atoms. The van der Waals surface area contributed by atoms with Crippen molar-refractivity contribution in [2.75, 3.05) is 6.61 Å². The molecule has 1 heterocycles. The second-order valence-corrected chi connectivity index (χ2v) is 3.90. The van der Waals surface area contributed by atoms with Crippen molar-refractivity contribution in [3.05, 3.63) is 54.1 Å². The molecule has 0 spiro atoms. The van der Waals surface area contributed by atoms with Crippen molar-refractivity contribution in [1.82, 2.24) is 9.78 Å². The number of carbonyl (C=O) groups excluding carboxylic acids is 1. The Kier molecular flexibility index (Phi) is 6.02. The molecule has 0 aliphatic heterocycles. The topological polar surface area (TPSA) is 44.1 Å². The molecule has 0 saturated carbocycles. The fraction of sp³-hybridized carbons (Fsp3) is 0.231. The molecule has 4 nitrogen and oxygen atoms in total. The molecule has 1 aromatic rings. The molecule has 0 aromatic carbocycles. The molecule has 0 radical (unpaired) electrons. The number of halogens is 2. The van der Waals surface area contributed by atoms with Gasteiger partial charge in [-0.15, -0.1) is 6.58 Å². The van der Waals surface area contributed by atoms with Crippen molar-refractivity contribution in [2.24, 2.45) is 0 Å². The highest BCUT2D eigenvalue weighted by atomic mass is 35.5. The van der Waals surface area contributed by atoms with Crippen LogP contribution in [0.1, 0.15) is 16.1 Å². The Morgan fingerprint density at radius 3 is 2.79 bits per heavy atom. The van der Waals surface area contributed by atoms with Gasteiger partial charge in [-0.3, -0.25) is 0 Å². The van der Waals surface area contributed by atoms with E-state index in [4.69, 9.17) is 16.3 Å². The number of hydrogen-bond acceptors (Lipinski definition) is 3. The summed E-state index contributed by atoms with van der Waals surface area (Å²) in [4.78, 5) is 11.8. The van der Waals surface area contributed by atoms with Gasteiger partial charge in [0.05, 0.1) is 12.9 Å². The van der Waals surface area contributed by atoms with E-state index in [0.29, 0.717) is 18.4 Å². The first-order valence-corrected chi connectivity index (χ1v) is 5.92. The smallest absolute Gasteiger partial charge is 0.359 e. The Morgan fingerprint density at radius 1 is 1.47 bits per heavy atom. The van der Waals surface area contributed by atoms with Crippen LogP contribution in [0.3, 0.4) is 0 Å². The third-order valence-electron chi connectivity index (χ3n) is 2.22. The Bertz CT molecular complexity index is 509. The summed E-state index contributed by atoms with van der Waals surface area (Å²) in [6.45, 7) is 7.44. The Morgan fingerprint density at radius 2 is 2.21 bits per heavy atom. The van der Waals surface area contributed by atoms with Crippen molar-refractivity contribution < 1.29 is 13.9 Å². The van der Waals surface area contributed by atoms with E-state index in [1.54, 1.807) is 6.08 Å². The number of rotatable bonds is 7. The van der Waals surface area contributed by atoms with Crippen molar-refractivity contribution in [3.63, 3.8) is 0 Å². The fourth-order valence-corrected chi connectivity index (χ4v) is 1.71. The predicted octanol–water partition coefficient (Wildman–Crippen LogP) is 3.09. The molecule has 0 atom stereocenters. The molecule has 0 saturated heterocycles. The van der Waals surface area contributed by atoms with E-state index in [1.807, 2.05) is 0 Å². The molecule has 0 N–H and O–H groups in total. The van der Waals surface area contributed by atoms with Crippen LogP contribution >= 0.6 is 11.6 Å². The summed E-state index contributed by atoms with van der Waals surface area (Å²) >= 11 is 6.09. The van der Waals surface area contributed by atoms with Gasteiger partial charge in [-0.05, 0) is 6.42 Å². The van der Waals surface area contributed by atoms with Gasteiger partial charge in [0.25, 0.3) is 0 Å². The summed E-state index contributed by atoms with van der Waals surface area (Å²) < 4.78 is 18.4. The lowest BCUT2D eigenvalue weighted by molar-refractivity contribution is 0.0541. The van der Waals surface area contributed by atoms with Gasteiger partial charge in [0.2, 0.25) is 0 Å². The van der Waals surface area contributed by atoms with Crippen LogP contribution in [0.2, 0.25) is 5.15 Å². The minimum atomic E-state index is -0.619. The average Bonchev–Trinajstić information content (AvgIpc) is 2.71.